The summed E-state index contributed by atoms with van der Waals surface area (Å²) in [6, 6.07) is 3.47. The van der Waals surface area contributed by atoms with E-state index < -0.39 is 11.8 Å². The normalized spacial score (nSPS) is 15.6. The maximum absolute atomic E-state index is 12.4. The Balaban J connectivity index is 2.09. The third-order valence-corrected chi connectivity index (χ3v) is 3.35. The average Bonchev–Trinajstić information content (AvgIpc) is 2.77. The van der Waals surface area contributed by atoms with Crippen LogP contribution in [0.4, 0.5) is 5.69 Å². The number of nitrogens with zero attached hydrogens (tertiary/aromatic N) is 3. The molecule has 1 aromatic heterocycles. The van der Waals surface area contributed by atoms with Gasteiger partial charge in [0.2, 0.25) is 0 Å². The van der Waals surface area contributed by atoms with E-state index in [2.05, 4.69) is 10.3 Å². The molecule has 0 radical (unpaired) electrons. The molecule has 6 nitrogen and oxygen atoms in total. The van der Waals surface area contributed by atoms with E-state index in [1.807, 2.05) is 6.92 Å². The van der Waals surface area contributed by atoms with Crippen molar-refractivity contribution in [2.75, 3.05) is 37.6 Å². The SMILES string of the molecule is CCN(C(=O)C(=O)N1CCCNCC1)c1ccncc1. The molecule has 20 heavy (non-hydrogen) atoms. The molecule has 0 spiro atoms. The van der Waals surface area contributed by atoms with Gasteiger partial charge in [-0.3, -0.25) is 14.6 Å². The van der Waals surface area contributed by atoms with Crippen molar-refractivity contribution < 1.29 is 9.59 Å². The van der Waals surface area contributed by atoms with Gasteiger partial charge in [-0.1, -0.05) is 0 Å². The Morgan fingerprint density at radius 2 is 2.05 bits per heavy atom. The van der Waals surface area contributed by atoms with Crippen LogP contribution >= 0.6 is 0 Å². The standard InChI is InChI=1S/C14H20N4O2/c1-2-18(12-4-7-16-8-5-12)14(20)13(19)17-10-3-6-15-9-11-17/h4-5,7-8,15H,2-3,6,9-11H2,1H3. The van der Waals surface area contributed by atoms with E-state index in [1.54, 1.807) is 29.4 Å². The Morgan fingerprint density at radius 3 is 2.75 bits per heavy atom. The minimum atomic E-state index is -0.472. The van der Waals surface area contributed by atoms with E-state index in [-0.39, 0.29) is 0 Å². The van der Waals surface area contributed by atoms with E-state index in [9.17, 15) is 9.59 Å². The van der Waals surface area contributed by atoms with Crippen LogP contribution in [-0.2, 0) is 9.59 Å². The number of pyridine rings is 1. The van der Waals surface area contributed by atoms with Crippen molar-refractivity contribution in [2.24, 2.45) is 0 Å². The summed E-state index contributed by atoms with van der Waals surface area (Å²) >= 11 is 0. The number of carbonyl (C=O) groups is 2. The van der Waals surface area contributed by atoms with Crippen LogP contribution < -0.4 is 10.2 Å². The summed E-state index contributed by atoms with van der Waals surface area (Å²) in [5.74, 6) is -0.895. The lowest BCUT2D eigenvalue weighted by atomic mass is 10.3. The molecule has 0 bridgehead atoms. The van der Waals surface area contributed by atoms with Gasteiger partial charge >= 0.3 is 11.8 Å². The second-order valence-corrected chi connectivity index (χ2v) is 4.65. The molecular formula is C14H20N4O2. The summed E-state index contributed by atoms with van der Waals surface area (Å²) in [7, 11) is 0. The van der Waals surface area contributed by atoms with Crippen molar-refractivity contribution in [3.8, 4) is 0 Å². The van der Waals surface area contributed by atoms with Crippen molar-refractivity contribution in [1.82, 2.24) is 15.2 Å². The van der Waals surface area contributed by atoms with Crippen LogP contribution in [0.25, 0.3) is 0 Å². The minimum absolute atomic E-state index is 0.424. The molecule has 0 aromatic carbocycles. The highest BCUT2D eigenvalue weighted by Gasteiger charge is 2.27. The molecule has 0 saturated carbocycles. The zero-order valence-corrected chi connectivity index (χ0v) is 11.7. The Bertz CT molecular complexity index is 456. The lowest BCUT2D eigenvalue weighted by Gasteiger charge is -2.25. The fourth-order valence-electron chi connectivity index (χ4n) is 2.27. The highest BCUT2D eigenvalue weighted by molar-refractivity contribution is 6.40. The molecule has 0 aliphatic carbocycles. The number of amides is 2. The van der Waals surface area contributed by atoms with Gasteiger partial charge in [0.25, 0.3) is 0 Å². The average molecular weight is 276 g/mol. The minimum Gasteiger partial charge on any atom is -0.333 e. The van der Waals surface area contributed by atoms with Crippen molar-refractivity contribution in [3.63, 3.8) is 0 Å². The van der Waals surface area contributed by atoms with E-state index in [1.165, 1.54) is 4.90 Å². The van der Waals surface area contributed by atoms with E-state index >= 15 is 0 Å². The van der Waals surface area contributed by atoms with Crippen LogP contribution in [0.5, 0.6) is 0 Å². The molecule has 1 aliphatic heterocycles. The first-order chi connectivity index (χ1) is 9.74. The van der Waals surface area contributed by atoms with Gasteiger partial charge in [0, 0.05) is 44.3 Å². The Hall–Kier alpha value is -1.95. The first-order valence-corrected chi connectivity index (χ1v) is 6.95. The molecule has 2 heterocycles. The van der Waals surface area contributed by atoms with Crippen LogP contribution in [0.1, 0.15) is 13.3 Å². The molecule has 1 saturated heterocycles. The second-order valence-electron chi connectivity index (χ2n) is 4.65. The summed E-state index contributed by atoms with van der Waals surface area (Å²) in [5.41, 5.74) is 0.703. The Morgan fingerprint density at radius 1 is 1.30 bits per heavy atom. The van der Waals surface area contributed by atoms with Crippen molar-refractivity contribution in [1.29, 1.82) is 0 Å². The fraction of sp³-hybridized carbons (Fsp3) is 0.500. The topological polar surface area (TPSA) is 65.5 Å². The Kier molecular flexibility index (Phi) is 5.06. The largest absolute Gasteiger partial charge is 0.333 e. The third-order valence-electron chi connectivity index (χ3n) is 3.35. The molecule has 1 aliphatic rings. The molecule has 0 unspecified atom stereocenters. The number of anilines is 1. The number of rotatable bonds is 2. The molecule has 2 amide bonds. The molecule has 2 rings (SSSR count). The maximum atomic E-state index is 12.4. The highest BCUT2D eigenvalue weighted by Crippen LogP contribution is 2.13. The molecule has 1 fully saturated rings. The van der Waals surface area contributed by atoms with Crippen LogP contribution in [0, 0.1) is 0 Å². The van der Waals surface area contributed by atoms with Crippen LogP contribution in [0.15, 0.2) is 24.5 Å². The number of likely N-dealkylation sites (N-methyl/N-ethyl adjacent to an activating group) is 1. The number of hydrogen-bond acceptors (Lipinski definition) is 4. The molecule has 1 aromatic rings. The maximum Gasteiger partial charge on any atom is 0.316 e. The Labute approximate surface area is 118 Å². The van der Waals surface area contributed by atoms with Crippen molar-refractivity contribution in [2.45, 2.75) is 13.3 Å². The third kappa shape index (κ3) is 3.33. The van der Waals surface area contributed by atoms with Gasteiger partial charge in [-0.15, -0.1) is 0 Å². The summed E-state index contributed by atoms with van der Waals surface area (Å²) in [5, 5.41) is 3.22. The smallest absolute Gasteiger partial charge is 0.316 e. The monoisotopic (exact) mass is 276 g/mol. The van der Waals surface area contributed by atoms with E-state index in [0.29, 0.717) is 25.3 Å². The summed E-state index contributed by atoms with van der Waals surface area (Å²) in [6.07, 6.45) is 4.11. The van der Waals surface area contributed by atoms with Gasteiger partial charge in [-0.05, 0) is 32.0 Å². The first-order valence-electron chi connectivity index (χ1n) is 6.95. The van der Waals surface area contributed by atoms with E-state index in [4.69, 9.17) is 0 Å². The molecular weight excluding hydrogens is 256 g/mol. The van der Waals surface area contributed by atoms with Gasteiger partial charge in [-0.25, -0.2) is 0 Å². The molecule has 0 atom stereocenters. The molecule has 108 valence electrons. The van der Waals surface area contributed by atoms with Gasteiger partial charge in [0.05, 0.1) is 0 Å². The van der Waals surface area contributed by atoms with Gasteiger partial charge in [0.15, 0.2) is 0 Å². The summed E-state index contributed by atoms with van der Waals surface area (Å²) in [6.45, 7) is 5.15. The quantitative estimate of drug-likeness (QED) is 0.787. The van der Waals surface area contributed by atoms with Crippen molar-refractivity contribution in [3.05, 3.63) is 24.5 Å². The van der Waals surface area contributed by atoms with Crippen LogP contribution in [0.2, 0.25) is 0 Å². The number of hydrogen-bond donors (Lipinski definition) is 1. The molecule has 1 N–H and O–H groups in total. The van der Waals surface area contributed by atoms with Gasteiger partial charge in [-0.2, -0.15) is 0 Å². The predicted molar refractivity (Wildman–Crippen MR) is 76.3 cm³/mol. The van der Waals surface area contributed by atoms with Gasteiger partial charge < -0.3 is 15.1 Å². The lowest BCUT2D eigenvalue weighted by molar-refractivity contribution is -0.144. The van der Waals surface area contributed by atoms with Crippen LogP contribution in [-0.4, -0.2) is 54.4 Å². The second kappa shape index (κ2) is 7.00. The summed E-state index contributed by atoms with van der Waals surface area (Å²) in [4.78, 5) is 31.7. The fourth-order valence-corrected chi connectivity index (χ4v) is 2.27. The lowest BCUT2D eigenvalue weighted by Crippen LogP contribution is -2.46. The van der Waals surface area contributed by atoms with Crippen molar-refractivity contribution >= 4 is 17.5 Å². The zero-order chi connectivity index (χ0) is 14.4. The first kappa shape index (κ1) is 14.5. The van der Waals surface area contributed by atoms with E-state index in [0.717, 1.165) is 19.5 Å². The summed E-state index contributed by atoms with van der Waals surface area (Å²) < 4.78 is 0. The van der Waals surface area contributed by atoms with Crippen LogP contribution in [0.3, 0.4) is 0 Å². The number of nitrogens with one attached hydrogen (secondary N) is 1. The number of aromatic nitrogens is 1. The number of carbonyl (C=O) groups excluding carboxylic acids is 2. The van der Waals surface area contributed by atoms with Gasteiger partial charge in [0.1, 0.15) is 0 Å². The zero-order valence-electron chi connectivity index (χ0n) is 11.7. The molecule has 6 heteroatoms. The predicted octanol–water partition coefficient (Wildman–Crippen LogP) is 0.256. The highest BCUT2D eigenvalue weighted by atomic mass is 16.2.